The lowest BCUT2D eigenvalue weighted by atomic mass is 10.2. The molecule has 0 unspecified atom stereocenters. The Morgan fingerprint density at radius 3 is 2.47 bits per heavy atom. The van der Waals surface area contributed by atoms with E-state index in [9.17, 15) is 18.0 Å². The van der Waals surface area contributed by atoms with Gasteiger partial charge in [0.25, 0.3) is 5.91 Å². The zero-order chi connectivity index (χ0) is 21.1. The highest BCUT2D eigenvalue weighted by Gasteiger charge is 2.22. The maximum atomic E-state index is 14.1. The molecule has 0 aliphatic carbocycles. The molecule has 0 aliphatic rings. The molecule has 152 valence electrons. The van der Waals surface area contributed by atoms with E-state index in [-0.39, 0.29) is 27.6 Å². The zero-order valence-corrected chi connectivity index (χ0v) is 16.3. The van der Waals surface area contributed by atoms with Crippen LogP contribution in [0.15, 0.2) is 66.7 Å². The van der Waals surface area contributed by atoms with Gasteiger partial charge in [-0.1, -0.05) is 53.8 Å². The molecule has 30 heavy (non-hydrogen) atoms. The van der Waals surface area contributed by atoms with Crippen molar-refractivity contribution in [2.45, 2.75) is 6.54 Å². The molecule has 1 aromatic heterocycles. The van der Waals surface area contributed by atoms with E-state index >= 15 is 0 Å². The molecule has 0 aliphatic heterocycles. The molecule has 0 atom stereocenters. The predicted octanol–water partition coefficient (Wildman–Crippen LogP) is 5.33. The minimum atomic E-state index is -0.804. The second-order valence-corrected chi connectivity index (χ2v) is 7.42. The van der Waals surface area contributed by atoms with Gasteiger partial charge in [0, 0.05) is 6.07 Å². The maximum absolute atomic E-state index is 14.1. The van der Waals surface area contributed by atoms with Gasteiger partial charge in [0.05, 0.1) is 11.2 Å². The number of carbonyl (C=O) groups is 1. The number of para-hydroxylation sites is 1. The second kappa shape index (κ2) is 8.54. The number of fused-ring (bicyclic) bond motifs is 1. The van der Waals surface area contributed by atoms with Crippen LogP contribution in [0.5, 0.6) is 5.75 Å². The number of rotatable bonds is 6. The Balaban J connectivity index is 1.65. The van der Waals surface area contributed by atoms with Crippen LogP contribution in [0.1, 0.15) is 5.56 Å². The topological polar surface area (TPSA) is 42.4 Å². The first-order chi connectivity index (χ1) is 14.5. The van der Waals surface area contributed by atoms with Crippen molar-refractivity contribution in [2.75, 3.05) is 11.5 Å². The van der Waals surface area contributed by atoms with Gasteiger partial charge in [-0.25, -0.2) is 18.2 Å². The monoisotopic (exact) mass is 428 g/mol. The van der Waals surface area contributed by atoms with Gasteiger partial charge in [0.1, 0.15) is 11.3 Å². The third kappa shape index (κ3) is 4.28. The highest BCUT2D eigenvalue weighted by molar-refractivity contribution is 7.22. The second-order valence-electron chi connectivity index (χ2n) is 6.42. The number of thiazole rings is 1. The van der Waals surface area contributed by atoms with E-state index in [0.717, 1.165) is 23.0 Å². The standard InChI is InChI=1S/C22H15F3N2O2S/c23-15-10-17(25)21-19(11-15)30-22(26-21)27(12-14-6-2-1-3-7-14)20(28)13-29-18-9-5-4-8-16(18)24/h1-11H,12-13H2. The summed E-state index contributed by atoms with van der Waals surface area (Å²) in [5, 5.41) is 0.195. The van der Waals surface area contributed by atoms with Crippen molar-refractivity contribution in [1.29, 1.82) is 0 Å². The first-order valence-electron chi connectivity index (χ1n) is 8.98. The van der Waals surface area contributed by atoms with Crippen molar-refractivity contribution in [3.63, 3.8) is 0 Å². The lowest BCUT2D eigenvalue weighted by Crippen LogP contribution is -2.34. The van der Waals surface area contributed by atoms with Crippen molar-refractivity contribution in [3.05, 3.63) is 89.7 Å². The Morgan fingerprint density at radius 2 is 1.70 bits per heavy atom. The van der Waals surface area contributed by atoms with E-state index in [1.54, 1.807) is 6.07 Å². The van der Waals surface area contributed by atoms with E-state index in [0.29, 0.717) is 0 Å². The number of aromatic nitrogens is 1. The van der Waals surface area contributed by atoms with Crippen molar-refractivity contribution < 1.29 is 22.7 Å². The number of nitrogens with zero attached hydrogens (tertiary/aromatic N) is 2. The highest BCUT2D eigenvalue weighted by Crippen LogP contribution is 2.32. The van der Waals surface area contributed by atoms with E-state index in [4.69, 9.17) is 4.74 Å². The van der Waals surface area contributed by atoms with Gasteiger partial charge in [-0.3, -0.25) is 9.69 Å². The molecule has 0 N–H and O–H groups in total. The molecule has 3 aromatic carbocycles. The van der Waals surface area contributed by atoms with Gasteiger partial charge in [-0.05, 0) is 23.8 Å². The summed E-state index contributed by atoms with van der Waals surface area (Å²) >= 11 is 0.990. The van der Waals surface area contributed by atoms with Gasteiger partial charge in [0.15, 0.2) is 29.1 Å². The quantitative estimate of drug-likeness (QED) is 0.417. The number of halogens is 3. The van der Waals surface area contributed by atoms with Crippen LogP contribution in [-0.4, -0.2) is 17.5 Å². The molecule has 0 bridgehead atoms. The van der Waals surface area contributed by atoms with Crippen LogP contribution in [0.25, 0.3) is 10.2 Å². The lowest BCUT2D eigenvalue weighted by molar-refractivity contribution is -0.120. The molecule has 1 amide bonds. The zero-order valence-electron chi connectivity index (χ0n) is 15.5. The Morgan fingerprint density at radius 1 is 0.967 bits per heavy atom. The van der Waals surface area contributed by atoms with Crippen LogP contribution in [0, 0.1) is 17.5 Å². The molecular formula is C22H15F3N2O2S. The van der Waals surface area contributed by atoms with Crippen LogP contribution < -0.4 is 9.64 Å². The van der Waals surface area contributed by atoms with Gasteiger partial charge in [-0.2, -0.15) is 0 Å². The Hall–Kier alpha value is -3.39. The summed E-state index contributed by atoms with van der Waals surface area (Å²) in [6, 6.07) is 16.8. The van der Waals surface area contributed by atoms with Crippen LogP contribution in [0.2, 0.25) is 0 Å². The third-order valence-electron chi connectivity index (χ3n) is 4.31. The van der Waals surface area contributed by atoms with Crippen LogP contribution in [-0.2, 0) is 11.3 Å². The summed E-state index contributed by atoms with van der Waals surface area (Å²) in [6.07, 6.45) is 0. The molecule has 8 heteroatoms. The first kappa shape index (κ1) is 19.9. The number of ether oxygens (including phenoxy) is 1. The molecule has 4 aromatic rings. The number of benzene rings is 3. The largest absolute Gasteiger partial charge is 0.481 e. The van der Waals surface area contributed by atoms with Crippen molar-refractivity contribution in [3.8, 4) is 5.75 Å². The summed E-state index contributed by atoms with van der Waals surface area (Å²) in [5.41, 5.74) is 0.792. The summed E-state index contributed by atoms with van der Waals surface area (Å²) in [5.74, 6) is -2.66. The fourth-order valence-electron chi connectivity index (χ4n) is 2.87. The Bertz CT molecular complexity index is 1200. The molecule has 0 fully saturated rings. The highest BCUT2D eigenvalue weighted by atomic mass is 32.1. The van der Waals surface area contributed by atoms with Crippen LogP contribution in [0.4, 0.5) is 18.3 Å². The smallest absolute Gasteiger partial charge is 0.267 e. The minimum absolute atomic E-state index is 0.0164. The van der Waals surface area contributed by atoms with Crippen molar-refractivity contribution in [1.82, 2.24) is 4.98 Å². The predicted molar refractivity (Wildman–Crippen MR) is 109 cm³/mol. The fraction of sp³-hybridized carbons (Fsp3) is 0.0909. The first-order valence-corrected chi connectivity index (χ1v) is 9.80. The van der Waals surface area contributed by atoms with Crippen molar-refractivity contribution >= 4 is 32.6 Å². The van der Waals surface area contributed by atoms with Crippen LogP contribution in [0.3, 0.4) is 0 Å². The van der Waals surface area contributed by atoms with Gasteiger partial charge >= 0.3 is 0 Å². The number of amides is 1. The van der Waals surface area contributed by atoms with E-state index < -0.39 is 30.0 Å². The lowest BCUT2D eigenvalue weighted by Gasteiger charge is -2.20. The Labute approximate surface area is 174 Å². The van der Waals surface area contributed by atoms with E-state index in [2.05, 4.69) is 4.98 Å². The average molecular weight is 428 g/mol. The van der Waals surface area contributed by atoms with Gasteiger partial charge in [-0.15, -0.1) is 0 Å². The molecule has 0 saturated carbocycles. The van der Waals surface area contributed by atoms with Crippen molar-refractivity contribution in [2.24, 2.45) is 0 Å². The minimum Gasteiger partial charge on any atom is -0.481 e. The molecule has 0 spiro atoms. The Kier molecular flexibility index (Phi) is 5.67. The van der Waals surface area contributed by atoms with Gasteiger partial charge in [0.2, 0.25) is 0 Å². The normalized spacial score (nSPS) is 10.9. The number of hydrogen-bond donors (Lipinski definition) is 0. The third-order valence-corrected chi connectivity index (χ3v) is 5.33. The number of hydrogen-bond acceptors (Lipinski definition) is 4. The molecule has 4 nitrogen and oxygen atoms in total. The van der Waals surface area contributed by atoms with Crippen LogP contribution >= 0.6 is 11.3 Å². The van der Waals surface area contributed by atoms with Gasteiger partial charge < -0.3 is 4.74 Å². The summed E-state index contributed by atoms with van der Waals surface area (Å²) in [4.78, 5) is 18.5. The molecule has 4 rings (SSSR count). The summed E-state index contributed by atoms with van der Waals surface area (Å²) in [7, 11) is 0. The van der Waals surface area contributed by atoms with E-state index in [1.807, 2.05) is 30.3 Å². The average Bonchev–Trinajstić information content (AvgIpc) is 3.16. The molecule has 0 radical (unpaired) electrons. The SMILES string of the molecule is O=C(COc1ccccc1F)N(Cc1ccccc1)c1nc2c(F)cc(F)cc2s1. The molecule has 0 saturated heterocycles. The molecule has 1 heterocycles. The molecular weight excluding hydrogens is 413 g/mol. The maximum Gasteiger partial charge on any atom is 0.267 e. The summed E-state index contributed by atoms with van der Waals surface area (Å²) in [6.45, 7) is -0.301. The van der Waals surface area contributed by atoms with E-state index in [1.165, 1.54) is 29.2 Å². The summed E-state index contributed by atoms with van der Waals surface area (Å²) < 4.78 is 47.1. The number of carbonyl (C=O) groups excluding carboxylic acids is 1. The number of anilines is 1. The fourth-order valence-corrected chi connectivity index (χ4v) is 3.89.